The monoisotopic (exact) mass is 317 g/mol. The fourth-order valence-corrected chi connectivity index (χ4v) is 2.77. The van der Waals surface area contributed by atoms with E-state index in [0.717, 1.165) is 11.1 Å². The van der Waals surface area contributed by atoms with Gasteiger partial charge in [0.1, 0.15) is 18.2 Å². The summed E-state index contributed by atoms with van der Waals surface area (Å²) >= 11 is 0. The number of amides is 1. The van der Waals surface area contributed by atoms with E-state index in [1.165, 1.54) is 0 Å². The van der Waals surface area contributed by atoms with Gasteiger partial charge < -0.3 is 9.64 Å². The second kappa shape index (κ2) is 6.14. The Kier molecular flexibility index (Phi) is 3.69. The maximum atomic E-state index is 12.9. The summed E-state index contributed by atoms with van der Waals surface area (Å²) in [6.07, 6.45) is 9.12. The van der Waals surface area contributed by atoms with E-state index >= 15 is 0 Å². The Labute approximate surface area is 139 Å². The van der Waals surface area contributed by atoms with Crippen molar-refractivity contribution in [3.63, 3.8) is 0 Å². The van der Waals surface area contributed by atoms with Crippen molar-refractivity contribution in [2.75, 3.05) is 13.2 Å². The van der Waals surface area contributed by atoms with Gasteiger partial charge in [0, 0.05) is 18.0 Å². The summed E-state index contributed by atoms with van der Waals surface area (Å²) in [4.78, 5) is 23.1. The second-order valence-electron chi connectivity index (χ2n) is 5.53. The van der Waals surface area contributed by atoms with Crippen LogP contribution in [0.15, 0.2) is 60.6 Å². The molecule has 1 aliphatic heterocycles. The van der Waals surface area contributed by atoms with Crippen molar-refractivity contribution in [2.45, 2.75) is 6.54 Å². The molecule has 0 fully saturated rings. The van der Waals surface area contributed by atoms with Gasteiger partial charge in [-0.25, -0.2) is 9.97 Å². The molecule has 1 amide bonds. The third-order valence-electron chi connectivity index (χ3n) is 3.98. The van der Waals surface area contributed by atoms with Crippen LogP contribution in [-0.2, 0) is 6.54 Å². The largest absolute Gasteiger partial charge is 0.491 e. The number of allylic oxidation sites excluding steroid dienone is 3. The molecule has 2 aliphatic rings. The van der Waals surface area contributed by atoms with Crippen LogP contribution in [0, 0.1) is 0 Å². The lowest BCUT2D eigenvalue weighted by atomic mass is 10.0. The molecular weight excluding hydrogens is 302 g/mol. The first-order valence-electron chi connectivity index (χ1n) is 7.77. The Morgan fingerprint density at radius 3 is 2.92 bits per heavy atom. The van der Waals surface area contributed by atoms with E-state index in [0.29, 0.717) is 36.8 Å². The molecule has 1 aromatic carbocycles. The summed E-state index contributed by atoms with van der Waals surface area (Å²) in [7, 11) is 0. The summed E-state index contributed by atoms with van der Waals surface area (Å²) in [6.45, 7) is 1.33. The van der Waals surface area contributed by atoms with Crippen LogP contribution < -0.4 is 4.74 Å². The number of carbonyl (C=O) groups is 1. The van der Waals surface area contributed by atoms with Crippen LogP contribution in [0.3, 0.4) is 0 Å². The predicted molar refractivity (Wildman–Crippen MR) is 89.3 cm³/mol. The molecule has 118 valence electrons. The van der Waals surface area contributed by atoms with Gasteiger partial charge in [-0.15, -0.1) is 5.73 Å². The first-order chi connectivity index (χ1) is 11.8. The Bertz CT molecular complexity index is 881. The summed E-state index contributed by atoms with van der Waals surface area (Å²) < 4.78 is 5.75. The van der Waals surface area contributed by atoms with E-state index in [-0.39, 0.29) is 5.91 Å². The number of benzene rings is 1. The van der Waals surface area contributed by atoms with Crippen LogP contribution in [0.4, 0.5) is 0 Å². The maximum absolute atomic E-state index is 12.9. The number of nitrogens with zero attached hydrogens (tertiary/aromatic N) is 3. The highest BCUT2D eigenvalue weighted by molar-refractivity contribution is 5.98. The van der Waals surface area contributed by atoms with Crippen molar-refractivity contribution in [1.82, 2.24) is 14.9 Å². The Morgan fingerprint density at radius 1 is 1.25 bits per heavy atom. The van der Waals surface area contributed by atoms with Crippen LogP contribution in [0.2, 0.25) is 0 Å². The summed E-state index contributed by atoms with van der Waals surface area (Å²) in [5, 5.41) is 0. The number of hydrogen-bond donors (Lipinski definition) is 0. The lowest BCUT2D eigenvalue weighted by Gasteiger charge is -2.18. The summed E-state index contributed by atoms with van der Waals surface area (Å²) in [5.41, 5.74) is 5.64. The molecule has 2 aromatic rings. The number of carbonyl (C=O) groups excluding carboxylic acids is 1. The number of rotatable bonds is 3. The van der Waals surface area contributed by atoms with Crippen molar-refractivity contribution >= 4 is 11.5 Å². The fourth-order valence-electron chi connectivity index (χ4n) is 2.77. The normalized spacial score (nSPS) is 15.8. The molecule has 0 saturated heterocycles. The standard InChI is InChI=1S/C19H15N3O2/c23-19-16-12-15(14-4-1-2-5-14)6-7-17(16)24-11-10-22(19)13-18-20-8-3-9-21-18/h1-4,6-9,12H,10-11,13H2. The zero-order chi connectivity index (χ0) is 16.4. The van der Waals surface area contributed by atoms with Gasteiger partial charge in [-0.05, 0) is 35.9 Å². The molecule has 0 N–H and O–H groups in total. The van der Waals surface area contributed by atoms with E-state index in [4.69, 9.17) is 4.74 Å². The predicted octanol–water partition coefficient (Wildman–Crippen LogP) is 2.62. The first-order valence-corrected chi connectivity index (χ1v) is 7.77. The molecule has 0 bridgehead atoms. The van der Waals surface area contributed by atoms with Crippen LogP contribution in [0.25, 0.3) is 5.57 Å². The molecule has 0 atom stereocenters. The molecule has 5 nitrogen and oxygen atoms in total. The topological polar surface area (TPSA) is 55.3 Å². The van der Waals surface area contributed by atoms with E-state index in [1.54, 1.807) is 23.4 Å². The SMILES string of the molecule is O=C1c2cc(C3=C=CC=C3)ccc2OCCN1Cc1ncccn1. The zero-order valence-electron chi connectivity index (χ0n) is 13.0. The molecular formula is C19H15N3O2. The fraction of sp³-hybridized carbons (Fsp3) is 0.158. The highest BCUT2D eigenvalue weighted by Crippen LogP contribution is 2.28. The van der Waals surface area contributed by atoms with Crippen LogP contribution in [0.1, 0.15) is 21.7 Å². The van der Waals surface area contributed by atoms with E-state index in [1.807, 2.05) is 36.4 Å². The van der Waals surface area contributed by atoms with Gasteiger partial charge in [-0.1, -0.05) is 12.1 Å². The first kappa shape index (κ1) is 14.4. The van der Waals surface area contributed by atoms with Crippen LogP contribution in [-0.4, -0.2) is 33.9 Å². The third kappa shape index (κ3) is 2.73. The smallest absolute Gasteiger partial charge is 0.258 e. The van der Waals surface area contributed by atoms with Crippen molar-refractivity contribution in [3.8, 4) is 5.75 Å². The van der Waals surface area contributed by atoms with Gasteiger partial charge >= 0.3 is 0 Å². The van der Waals surface area contributed by atoms with Gasteiger partial charge in [0.25, 0.3) is 5.91 Å². The number of hydrogen-bond acceptors (Lipinski definition) is 4. The van der Waals surface area contributed by atoms with Gasteiger partial charge in [0.2, 0.25) is 0 Å². The lowest BCUT2D eigenvalue weighted by Crippen LogP contribution is -2.32. The Hall–Kier alpha value is -3.17. The number of aromatic nitrogens is 2. The maximum Gasteiger partial charge on any atom is 0.258 e. The van der Waals surface area contributed by atoms with Crippen molar-refractivity contribution in [2.24, 2.45) is 0 Å². The quantitative estimate of drug-likeness (QED) is 0.817. The molecule has 0 radical (unpaired) electrons. The van der Waals surface area contributed by atoms with Gasteiger partial charge in [0.15, 0.2) is 0 Å². The molecule has 5 heteroatoms. The van der Waals surface area contributed by atoms with E-state index < -0.39 is 0 Å². The molecule has 2 heterocycles. The molecule has 4 rings (SSSR count). The summed E-state index contributed by atoms with van der Waals surface area (Å²) in [5.74, 6) is 1.17. The van der Waals surface area contributed by atoms with Crippen LogP contribution in [0.5, 0.6) is 5.75 Å². The molecule has 0 unspecified atom stereocenters. The minimum Gasteiger partial charge on any atom is -0.491 e. The van der Waals surface area contributed by atoms with Gasteiger partial charge in [-0.3, -0.25) is 4.79 Å². The lowest BCUT2D eigenvalue weighted by molar-refractivity contribution is 0.0738. The highest BCUT2D eigenvalue weighted by atomic mass is 16.5. The van der Waals surface area contributed by atoms with Gasteiger partial charge in [-0.2, -0.15) is 0 Å². The van der Waals surface area contributed by atoms with Gasteiger partial charge in [0.05, 0.1) is 18.7 Å². The van der Waals surface area contributed by atoms with Crippen molar-refractivity contribution in [3.05, 3.63) is 77.6 Å². The van der Waals surface area contributed by atoms with Crippen molar-refractivity contribution in [1.29, 1.82) is 0 Å². The molecule has 0 saturated carbocycles. The van der Waals surface area contributed by atoms with E-state index in [9.17, 15) is 4.79 Å². The van der Waals surface area contributed by atoms with E-state index in [2.05, 4.69) is 15.7 Å². The molecule has 0 spiro atoms. The second-order valence-corrected chi connectivity index (χ2v) is 5.53. The molecule has 24 heavy (non-hydrogen) atoms. The average molecular weight is 317 g/mol. The van der Waals surface area contributed by atoms with Crippen LogP contribution >= 0.6 is 0 Å². The Morgan fingerprint density at radius 2 is 2.12 bits per heavy atom. The summed E-state index contributed by atoms with van der Waals surface area (Å²) in [6, 6.07) is 7.43. The highest BCUT2D eigenvalue weighted by Gasteiger charge is 2.25. The minimum atomic E-state index is -0.0663. The number of ether oxygens (including phenoxy) is 1. The molecule has 1 aliphatic carbocycles. The van der Waals surface area contributed by atoms with Crippen molar-refractivity contribution < 1.29 is 9.53 Å². The average Bonchev–Trinajstić information content (AvgIpc) is 3.11. The zero-order valence-corrected chi connectivity index (χ0v) is 13.0. The number of fused-ring (bicyclic) bond motifs is 1. The Balaban J connectivity index is 1.66. The minimum absolute atomic E-state index is 0.0663. The third-order valence-corrected chi connectivity index (χ3v) is 3.98. The molecule has 1 aromatic heterocycles.